The van der Waals surface area contributed by atoms with Crippen LogP contribution in [0.3, 0.4) is 0 Å². The fourth-order valence-corrected chi connectivity index (χ4v) is 2.57. The van der Waals surface area contributed by atoms with E-state index in [2.05, 4.69) is 26.2 Å². The number of amides is 2. The van der Waals surface area contributed by atoms with Crippen molar-refractivity contribution in [3.05, 3.63) is 28.5 Å². The summed E-state index contributed by atoms with van der Waals surface area (Å²) >= 11 is 3.35. The summed E-state index contributed by atoms with van der Waals surface area (Å²) in [6.45, 7) is 2.53. The number of nitrogens with zero attached hydrogens (tertiary/aromatic N) is 2. The first kappa shape index (κ1) is 14.0. The number of rotatable bonds is 4. The lowest BCUT2D eigenvalue weighted by atomic mass is 10.1. The maximum Gasteiger partial charge on any atom is 0.245 e. The molecule has 0 aliphatic carbocycles. The van der Waals surface area contributed by atoms with Gasteiger partial charge in [0.05, 0.1) is 6.54 Å². The predicted molar refractivity (Wildman–Crippen MR) is 74.2 cm³/mol. The van der Waals surface area contributed by atoms with Gasteiger partial charge in [0.1, 0.15) is 6.04 Å². The Hall–Kier alpha value is -1.43. The molecule has 0 spiro atoms. The quantitative estimate of drug-likeness (QED) is 0.911. The Morgan fingerprint density at radius 2 is 2.26 bits per heavy atom. The Morgan fingerprint density at radius 1 is 1.47 bits per heavy atom. The molecule has 102 valence electrons. The van der Waals surface area contributed by atoms with Gasteiger partial charge >= 0.3 is 0 Å². The minimum atomic E-state index is -0.383. The summed E-state index contributed by atoms with van der Waals surface area (Å²) in [6.07, 6.45) is 4.94. The molecular formula is C13H16BrN3O2. The fraction of sp³-hybridized carbons (Fsp3) is 0.462. The second-order valence-corrected chi connectivity index (χ2v) is 5.53. The standard InChI is InChI=1S/C13H16BrN3O2/c1-2-3-11-13(19)17(8-12(18)16-11)7-9-4-10(14)6-15-5-9/h4-6,11H,2-3,7-8H2,1H3,(H,16,18). The highest BCUT2D eigenvalue weighted by molar-refractivity contribution is 9.10. The van der Waals surface area contributed by atoms with E-state index in [1.165, 1.54) is 0 Å². The molecule has 1 aliphatic rings. The van der Waals surface area contributed by atoms with Gasteiger partial charge in [-0.3, -0.25) is 14.6 Å². The molecule has 1 atom stereocenters. The number of pyridine rings is 1. The Morgan fingerprint density at radius 3 is 2.95 bits per heavy atom. The van der Waals surface area contributed by atoms with E-state index in [1.807, 2.05) is 13.0 Å². The van der Waals surface area contributed by atoms with Gasteiger partial charge in [-0.25, -0.2) is 0 Å². The molecule has 1 aromatic rings. The number of halogens is 1. The van der Waals surface area contributed by atoms with Gasteiger partial charge in [-0.15, -0.1) is 0 Å². The second kappa shape index (κ2) is 6.14. The van der Waals surface area contributed by atoms with Gasteiger partial charge < -0.3 is 10.2 Å². The van der Waals surface area contributed by atoms with Crippen molar-refractivity contribution in [3.8, 4) is 0 Å². The van der Waals surface area contributed by atoms with Gasteiger partial charge in [0.25, 0.3) is 0 Å². The van der Waals surface area contributed by atoms with Crippen LogP contribution in [-0.2, 0) is 16.1 Å². The number of nitrogens with one attached hydrogen (secondary N) is 1. The zero-order chi connectivity index (χ0) is 13.8. The van der Waals surface area contributed by atoms with Gasteiger partial charge in [0.2, 0.25) is 11.8 Å². The van der Waals surface area contributed by atoms with E-state index in [0.29, 0.717) is 13.0 Å². The molecule has 1 saturated heterocycles. The highest BCUT2D eigenvalue weighted by Gasteiger charge is 2.31. The summed E-state index contributed by atoms with van der Waals surface area (Å²) in [6, 6.07) is 1.52. The van der Waals surface area contributed by atoms with Crippen molar-refractivity contribution in [1.29, 1.82) is 0 Å². The maximum atomic E-state index is 12.2. The number of hydrogen-bond donors (Lipinski definition) is 1. The van der Waals surface area contributed by atoms with E-state index in [1.54, 1.807) is 17.3 Å². The Labute approximate surface area is 120 Å². The van der Waals surface area contributed by atoms with Crippen LogP contribution in [-0.4, -0.2) is 34.3 Å². The maximum absolute atomic E-state index is 12.2. The van der Waals surface area contributed by atoms with E-state index in [4.69, 9.17) is 0 Å². The summed E-state index contributed by atoms with van der Waals surface area (Å²) in [7, 11) is 0. The van der Waals surface area contributed by atoms with Gasteiger partial charge in [-0.2, -0.15) is 0 Å². The number of aromatic nitrogens is 1. The number of hydrogen-bond acceptors (Lipinski definition) is 3. The van der Waals surface area contributed by atoms with Gasteiger partial charge in [-0.1, -0.05) is 13.3 Å². The summed E-state index contributed by atoms with van der Waals surface area (Å²) in [5.74, 6) is -0.109. The molecule has 1 aromatic heterocycles. The summed E-state index contributed by atoms with van der Waals surface area (Å²) in [5.41, 5.74) is 0.910. The van der Waals surface area contributed by atoms with Crippen LogP contribution in [0.5, 0.6) is 0 Å². The third-order valence-corrected chi connectivity index (χ3v) is 3.43. The number of carbonyl (C=O) groups excluding carboxylic acids is 2. The van der Waals surface area contributed by atoms with Crippen LogP contribution >= 0.6 is 15.9 Å². The van der Waals surface area contributed by atoms with Crippen LogP contribution in [0.4, 0.5) is 0 Å². The Balaban J connectivity index is 2.10. The van der Waals surface area contributed by atoms with Gasteiger partial charge in [0.15, 0.2) is 0 Å². The van der Waals surface area contributed by atoms with Crippen molar-refractivity contribution < 1.29 is 9.59 Å². The van der Waals surface area contributed by atoms with Crippen LogP contribution in [0, 0.1) is 0 Å². The zero-order valence-electron chi connectivity index (χ0n) is 10.7. The molecule has 1 aliphatic heterocycles. The number of piperazine rings is 1. The molecule has 2 amide bonds. The molecule has 1 unspecified atom stereocenters. The molecule has 0 aromatic carbocycles. The largest absolute Gasteiger partial charge is 0.343 e. The zero-order valence-corrected chi connectivity index (χ0v) is 12.3. The monoisotopic (exact) mass is 325 g/mol. The second-order valence-electron chi connectivity index (χ2n) is 4.61. The van der Waals surface area contributed by atoms with E-state index < -0.39 is 0 Å². The summed E-state index contributed by atoms with van der Waals surface area (Å²) < 4.78 is 0.865. The molecule has 0 radical (unpaired) electrons. The molecule has 1 fully saturated rings. The SMILES string of the molecule is CCCC1NC(=O)CN(Cc2cncc(Br)c2)C1=O. The minimum absolute atomic E-state index is 0.0126. The third-order valence-electron chi connectivity index (χ3n) is 2.99. The van der Waals surface area contributed by atoms with E-state index >= 15 is 0 Å². The lowest BCUT2D eigenvalue weighted by molar-refractivity contribution is -0.145. The summed E-state index contributed by atoms with van der Waals surface area (Å²) in [4.78, 5) is 29.5. The average Bonchev–Trinajstić information content (AvgIpc) is 2.35. The predicted octanol–water partition coefficient (Wildman–Crippen LogP) is 1.47. The fourth-order valence-electron chi connectivity index (χ4n) is 2.15. The van der Waals surface area contributed by atoms with Gasteiger partial charge in [0, 0.05) is 23.4 Å². The molecule has 5 nitrogen and oxygen atoms in total. The van der Waals surface area contributed by atoms with Crippen LogP contribution in [0.2, 0.25) is 0 Å². The molecule has 2 heterocycles. The Kier molecular flexibility index (Phi) is 4.52. The van der Waals surface area contributed by atoms with Crippen LogP contribution in [0.25, 0.3) is 0 Å². The lowest BCUT2D eigenvalue weighted by Gasteiger charge is -2.32. The molecule has 2 rings (SSSR count). The Bertz CT molecular complexity index is 493. The van der Waals surface area contributed by atoms with Crippen LogP contribution in [0.1, 0.15) is 25.3 Å². The molecule has 0 bridgehead atoms. The van der Waals surface area contributed by atoms with Gasteiger partial charge in [-0.05, 0) is 34.0 Å². The van der Waals surface area contributed by atoms with E-state index in [0.717, 1.165) is 16.5 Å². The first-order valence-corrected chi connectivity index (χ1v) is 7.07. The number of carbonyl (C=O) groups is 2. The van der Waals surface area contributed by atoms with Crippen molar-refractivity contribution in [2.75, 3.05) is 6.54 Å². The van der Waals surface area contributed by atoms with E-state index in [9.17, 15) is 9.59 Å². The molecule has 6 heteroatoms. The molecule has 0 saturated carbocycles. The summed E-state index contributed by atoms with van der Waals surface area (Å²) in [5, 5.41) is 2.74. The van der Waals surface area contributed by atoms with Crippen molar-refractivity contribution >= 4 is 27.7 Å². The lowest BCUT2D eigenvalue weighted by Crippen LogP contribution is -2.57. The van der Waals surface area contributed by atoms with Crippen LogP contribution in [0.15, 0.2) is 22.9 Å². The topological polar surface area (TPSA) is 62.3 Å². The van der Waals surface area contributed by atoms with E-state index in [-0.39, 0.29) is 24.4 Å². The minimum Gasteiger partial charge on any atom is -0.343 e. The normalized spacial score (nSPS) is 19.5. The van der Waals surface area contributed by atoms with Crippen molar-refractivity contribution in [1.82, 2.24) is 15.2 Å². The average molecular weight is 326 g/mol. The third kappa shape index (κ3) is 3.53. The van der Waals surface area contributed by atoms with Crippen molar-refractivity contribution in [2.45, 2.75) is 32.4 Å². The van der Waals surface area contributed by atoms with Crippen molar-refractivity contribution in [3.63, 3.8) is 0 Å². The first-order valence-electron chi connectivity index (χ1n) is 6.27. The highest BCUT2D eigenvalue weighted by Crippen LogP contribution is 2.14. The van der Waals surface area contributed by atoms with Crippen LogP contribution < -0.4 is 5.32 Å². The molecule has 1 N–H and O–H groups in total. The first-order chi connectivity index (χ1) is 9.10. The molecular weight excluding hydrogens is 310 g/mol. The highest BCUT2D eigenvalue weighted by atomic mass is 79.9. The van der Waals surface area contributed by atoms with Crippen molar-refractivity contribution in [2.24, 2.45) is 0 Å². The smallest absolute Gasteiger partial charge is 0.245 e. The molecule has 19 heavy (non-hydrogen) atoms.